The van der Waals surface area contributed by atoms with Gasteiger partial charge < -0.3 is 10.1 Å². The quantitative estimate of drug-likeness (QED) is 0.785. The number of aromatic nitrogens is 2. The molecule has 0 aliphatic rings. The van der Waals surface area contributed by atoms with Crippen molar-refractivity contribution in [3.63, 3.8) is 0 Å². The normalized spacial score (nSPS) is 14.6. The number of rotatable bonds is 8. The van der Waals surface area contributed by atoms with Crippen molar-refractivity contribution >= 4 is 0 Å². The maximum Gasteiger partial charge on any atom is 0.159 e. The Balaban J connectivity index is 2.64. The van der Waals surface area contributed by atoms with Gasteiger partial charge in [0.05, 0.1) is 0 Å². The molecule has 1 heterocycles. The van der Waals surface area contributed by atoms with Gasteiger partial charge in [-0.25, -0.2) is 9.97 Å². The molecule has 0 aromatic carbocycles. The van der Waals surface area contributed by atoms with Crippen LogP contribution in [-0.2, 0) is 16.9 Å². The monoisotopic (exact) mass is 265 g/mol. The van der Waals surface area contributed by atoms with Crippen molar-refractivity contribution in [2.75, 3.05) is 13.2 Å². The predicted molar refractivity (Wildman–Crippen MR) is 77.8 cm³/mol. The van der Waals surface area contributed by atoms with Crippen LogP contribution >= 0.6 is 0 Å². The Morgan fingerprint density at radius 3 is 2.37 bits per heavy atom. The van der Waals surface area contributed by atoms with Gasteiger partial charge in [0.25, 0.3) is 0 Å². The van der Waals surface area contributed by atoms with Gasteiger partial charge in [-0.3, -0.25) is 0 Å². The summed E-state index contributed by atoms with van der Waals surface area (Å²) in [6.45, 7) is 13.0. The smallest absolute Gasteiger partial charge is 0.159 e. The molecule has 0 fully saturated rings. The highest BCUT2D eigenvalue weighted by Gasteiger charge is 2.27. The zero-order valence-corrected chi connectivity index (χ0v) is 12.9. The van der Waals surface area contributed by atoms with E-state index in [0.717, 1.165) is 30.9 Å². The average molecular weight is 265 g/mol. The van der Waals surface area contributed by atoms with Crippen molar-refractivity contribution in [1.29, 1.82) is 0 Å². The van der Waals surface area contributed by atoms with Crippen molar-refractivity contribution < 1.29 is 4.74 Å². The second kappa shape index (κ2) is 7.56. The molecule has 108 valence electrons. The van der Waals surface area contributed by atoms with Crippen LogP contribution in [0.4, 0.5) is 0 Å². The minimum absolute atomic E-state index is 0.376. The predicted octanol–water partition coefficient (Wildman–Crippen LogP) is 2.88. The van der Waals surface area contributed by atoms with Crippen LogP contribution in [0, 0.1) is 5.92 Å². The molecule has 4 nitrogen and oxygen atoms in total. The molecule has 1 N–H and O–H groups in total. The number of hydrogen-bond acceptors (Lipinski definition) is 4. The van der Waals surface area contributed by atoms with E-state index in [1.165, 1.54) is 0 Å². The molecule has 0 spiro atoms. The lowest BCUT2D eigenvalue weighted by Gasteiger charge is -2.26. The first kappa shape index (κ1) is 16.1. The van der Waals surface area contributed by atoms with Gasteiger partial charge in [0.1, 0.15) is 5.60 Å². The van der Waals surface area contributed by atoms with Crippen LogP contribution in [0.5, 0.6) is 0 Å². The molecule has 4 heteroatoms. The van der Waals surface area contributed by atoms with E-state index in [1.54, 1.807) is 0 Å². The van der Waals surface area contributed by atoms with Gasteiger partial charge in [0.15, 0.2) is 5.82 Å². The molecule has 19 heavy (non-hydrogen) atoms. The second-order valence-corrected chi connectivity index (χ2v) is 5.46. The Morgan fingerprint density at radius 1 is 1.26 bits per heavy atom. The molecule has 0 saturated heterocycles. The average Bonchev–Trinajstić information content (AvgIpc) is 2.39. The summed E-state index contributed by atoms with van der Waals surface area (Å²) < 4.78 is 5.78. The van der Waals surface area contributed by atoms with Gasteiger partial charge >= 0.3 is 0 Å². The minimum atomic E-state index is -0.376. The van der Waals surface area contributed by atoms with Crippen LogP contribution in [-0.4, -0.2) is 23.1 Å². The van der Waals surface area contributed by atoms with E-state index in [1.807, 2.05) is 26.2 Å². The summed E-state index contributed by atoms with van der Waals surface area (Å²) in [5, 5.41) is 3.39. The van der Waals surface area contributed by atoms with E-state index in [0.29, 0.717) is 12.5 Å². The van der Waals surface area contributed by atoms with Crippen LogP contribution < -0.4 is 5.32 Å². The number of nitrogens with one attached hydrogen (secondary N) is 1. The maximum absolute atomic E-state index is 5.78. The fourth-order valence-corrected chi connectivity index (χ4v) is 1.87. The summed E-state index contributed by atoms with van der Waals surface area (Å²) in [6, 6.07) is 0. The SMILES string of the molecule is CCOC(C)(CC)c1ncc(CNCC(C)C)cn1. The molecule has 0 amide bonds. The van der Waals surface area contributed by atoms with Gasteiger partial charge in [-0.1, -0.05) is 20.8 Å². The van der Waals surface area contributed by atoms with E-state index in [2.05, 4.69) is 36.1 Å². The van der Waals surface area contributed by atoms with Gasteiger partial charge in [-0.05, 0) is 32.7 Å². The van der Waals surface area contributed by atoms with Gasteiger partial charge in [0, 0.05) is 31.1 Å². The molecule has 1 unspecified atom stereocenters. The standard InChI is InChI=1S/C15H27N3O/c1-6-15(5,19-7-2)14-17-10-13(11-18-14)9-16-8-12(3)4/h10-12,16H,6-9H2,1-5H3. The summed E-state index contributed by atoms with van der Waals surface area (Å²) in [5.41, 5.74) is 0.734. The van der Waals surface area contributed by atoms with E-state index < -0.39 is 0 Å². The fraction of sp³-hybridized carbons (Fsp3) is 0.733. The first-order valence-electron chi connectivity index (χ1n) is 7.18. The molecule has 0 saturated carbocycles. The van der Waals surface area contributed by atoms with Crippen LogP contribution in [0.2, 0.25) is 0 Å². The lowest BCUT2D eigenvalue weighted by Crippen LogP contribution is -2.28. The van der Waals surface area contributed by atoms with Gasteiger partial charge in [-0.2, -0.15) is 0 Å². The van der Waals surface area contributed by atoms with E-state index in [9.17, 15) is 0 Å². The van der Waals surface area contributed by atoms with Crippen molar-refractivity contribution in [2.45, 2.75) is 53.2 Å². The number of ether oxygens (including phenoxy) is 1. The summed E-state index contributed by atoms with van der Waals surface area (Å²) in [5.74, 6) is 1.42. The molecule has 0 aliphatic carbocycles. The number of hydrogen-bond donors (Lipinski definition) is 1. The van der Waals surface area contributed by atoms with Crippen molar-refractivity contribution in [3.8, 4) is 0 Å². The zero-order chi connectivity index (χ0) is 14.3. The first-order chi connectivity index (χ1) is 9.01. The van der Waals surface area contributed by atoms with Crippen molar-refractivity contribution in [2.24, 2.45) is 5.92 Å². The Hall–Kier alpha value is -1.00. The van der Waals surface area contributed by atoms with Gasteiger partial charge in [-0.15, -0.1) is 0 Å². The Labute approximate surface area is 117 Å². The zero-order valence-electron chi connectivity index (χ0n) is 12.9. The van der Waals surface area contributed by atoms with Gasteiger partial charge in [0.2, 0.25) is 0 Å². The molecule has 1 aromatic rings. The fourth-order valence-electron chi connectivity index (χ4n) is 1.87. The highest BCUT2D eigenvalue weighted by Crippen LogP contribution is 2.25. The second-order valence-electron chi connectivity index (χ2n) is 5.46. The Bertz CT molecular complexity index is 364. The third kappa shape index (κ3) is 4.88. The molecule has 0 aliphatic heterocycles. The topological polar surface area (TPSA) is 47.0 Å². The molecular weight excluding hydrogens is 238 g/mol. The highest BCUT2D eigenvalue weighted by atomic mass is 16.5. The Morgan fingerprint density at radius 2 is 1.89 bits per heavy atom. The lowest BCUT2D eigenvalue weighted by molar-refractivity contribution is -0.0390. The van der Waals surface area contributed by atoms with Crippen molar-refractivity contribution in [3.05, 3.63) is 23.8 Å². The summed E-state index contributed by atoms with van der Waals surface area (Å²) in [4.78, 5) is 8.92. The van der Waals surface area contributed by atoms with E-state index >= 15 is 0 Å². The van der Waals surface area contributed by atoms with Crippen LogP contribution in [0.1, 0.15) is 52.4 Å². The van der Waals surface area contributed by atoms with Crippen LogP contribution in [0.25, 0.3) is 0 Å². The first-order valence-corrected chi connectivity index (χ1v) is 7.18. The molecule has 1 aromatic heterocycles. The molecular formula is C15H27N3O. The molecule has 0 bridgehead atoms. The lowest BCUT2D eigenvalue weighted by atomic mass is 10.0. The van der Waals surface area contributed by atoms with Crippen molar-refractivity contribution in [1.82, 2.24) is 15.3 Å². The Kier molecular flexibility index (Phi) is 6.38. The molecule has 0 radical (unpaired) electrons. The third-order valence-electron chi connectivity index (χ3n) is 3.20. The molecule has 1 atom stereocenters. The minimum Gasteiger partial charge on any atom is -0.368 e. The highest BCUT2D eigenvalue weighted by molar-refractivity contribution is 5.08. The van der Waals surface area contributed by atoms with E-state index in [-0.39, 0.29) is 5.60 Å². The van der Waals surface area contributed by atoms with E-state index in [4.69, 9.17) is 4.74 Å². The summed E-state index contributed by atoms with van der Waals surface area (Å²) in [7, 11) is 0. The van der Waals surface area contributed by atoms with Crippen LogP contribution in [0.15, 0.2) is 12.4 Å². The summed E-state index contributed by atoms with van der Waals surface area (Å²) >= 11 is 0. The number of nitrogens with zero attached hydrogens (tertiary/aromatic N) is 2. The largest absolute Gasteiger partial charge is 0.368 e. The summed E-state index contributed by atoms with van der Waals surface area (Å²) in [6.07, 6.45) is 4.65. The third-order valence-corrected chi connectivity index (χ3v) is 3.20. The van der Waals surface area contributed by atoms with Crippen LogP contribution in [0.3, 0.4) is 0 Å². The maximum atomic E-state index is 5.78. The molecule has 1 rings (SSSR count).